The summed E-state index contributed by atoms with van der Waals surface area (Å²) in [5, 5.41) is 31.4. The van der Waals surface area contributed by atoms with Gasteiger partial charge in [-0.05, 0) is 53.1 Å². The maximum absolute atomic E-state index is 11.0. The molecule has 1 aromatic carbocycles. The fraction of sp³-hybridized carbons (Fsp3) is 0.600. The van der Waals surface area contributed by atoms with Crippen LogP contribution in [0.25, 0.3) is 0 Å². The molecule has 8 heteroatoms. The molecule has 0 bridgehead atoms. The van der Waals surface area contributed by atoms with Crippen LogP contribution in [0.15, 0.2) is 18.2 Å². The zero-order valence-electron chi connectivity index (χ0n) is 14.4. The van der Waals surface area contributed by atoms with Crippen molar-refractivity contribution in [2.24, 2.45) is 0 Å². The van der Waals surface area contributed by atoms with Crippen molar-refractivity contribution in [3.63, 3.8) is 0 Å². The van der Waals surface area contributed by atoms with Gasteiger partial charge in [0.05, 0.1) is 28.3 Å². The van der Waals surface area contributed by atoms with E-state index in [-0.39, 0.29) is 23.0 Å². The standard InChI is InChI=1S/C15H24BNO6/c1-10(2)22-13-8-11(7-12(9-13)17(20)21)16(19)23-15(5,6)14(3,4)18/h7-10,18-19H,1-6H3. The smallest absolute Gasteiger partial charge is 0.491 e. The minimum Gasteiger partial charge on any atom is -0.491 e. The van der Waals surface area contributed by atoms with Crippen molar-refractivity contribution in [1.82, 2.24) is 0 Å². The number of aliphatic hydroxyl groups is 1. The zero-order valence-corrected chi connectivity index (χ0v) is 14.4. The van der Waals surface area contributed by atoms with Crippen LogP contribution in [0.1, 0.15) is 41.5 Å². The summed E-state index contributed by atoms with van der Waals surface area (Å²) < 4.78 is 11.0. The summed E-state index contributed by atoms with van der Waals surface area (Å²) in [6, 6.07) is 3.99. The summed E-state index contributed by atoms with van der Waals surface area (Å²) >= 11 is 0. The second kappa shape index (κ2) is 6.86. The van der Waals surface area contributed by atoms with Crippen LogP contribution in [0.5, 0.6) is 5.75 Å². The van der Waals surface area contributed by atoms with Crippen molar-refractivity contribution in [1.29, 1.82) is 0 Å². The van der Waals surface area contributed by atoms with Gasteiger partial charge in [-0.25, -0.2) is 0 Å². The van der Waals surface area contributed by atoms with Crippen molar-refractivity contribution in [3.05, 3.63) is 28.3 Å². The van der Waals surface area contributed by atoms with Gasteiger partial charge in [-0.2, -0.15) is 0 Å². The summed E-state index contributed by atoms with van der Waals surface area (Å²) in [5.41, 5.74) is -2.31. The molecule has 0 saturated carbocycles. The first-order valence-electron chi connectivity index (χ1n) is 7.38. The van der Waals surface area contributed by atoms with Crippen LogP contribution in [-0.4, -0.2) is 39.5 Å². The van der Waals surface area contributed by atoms with Crippen LogP contribution in [0.3, 0.4) is 0 Å². The molecule has 128 valence electrons. The number of non-ortho nitro benzene ring substituents is 1. The maximum atomic E-state index is 11.0. The van der Waals surface area contributed by atoms with Gasteiger partial charge in [0.2, 0.25) is 0 Å². The fourth-order valence-electron chi connectivity index (χ4n) is 1.69. The Hall–Kier alpha value is -1.64. The van der Waals surface area contributed by atoms with Crippen molar-refractivity contribution in [3.8, 4) is 5.75 Å². The van der Waals surface area contributed by atoms with Gasteiger partial charge in [-0.3, -0.25) is 10.1 Å². The first kappa shape index (κ1) is 19.4. The molecule has 0 aromatic heterocycles. The molecular weight excluding hydrogens is 301 g/mol. The van der Waals surface area contributed by atoms with Crippen LogP contribution in [0.2, 0.25) is 0 Å². The van der Waals surface area contributed by atoms with Crippen LogP contribution in [-0.2, 0) is 4.65 Å². The molecule has 0 aliphatic rings. The first-order chi connectivity index (χ1) is 10.3. The van der Waals surface area contributed by atoms with E-state index in [1.54, 1.807) is 41.5 Å². The second-order valence-corrected chi connectivity index (χ2v) is 6.72. The Morgan fingerprint density at radius 3 is 2.22 bits per heavy atom. The molecule has 2 N–H and O–H groups in total. The molecule has 0 aliphatic heterocycles. The Morgan fingerprint density at radius 1 is 1.22 bits per heavy atom. The van der Waals surface area contributed by atoms with E-state index in [1.807, 2.05) is 0 Å². The number of nitro groups is 1. The third kappa shape index (κ3) is 5.19. The predicted molar refractivity (Wildman–Crippen MR) is 87.9 cm³/mol. The van der Waals surface area contributed by atoms with Gasteiger partial charge in [0.25, 0.3) is 5.69 Å². The van der Waals surface area contributed by atoms with Gasteiger partial charge in [-0.15, -0.1) is 0 Å². The third-order valence-electron chi connectivity index (χ3n) is 3.66. The number of ether oxygens (including phenoxy) is 1. The lowest BCUT2D eigenvalue weighted by atomic mass is 9.76. The van der Waals surface area contributed by atoms with Crippen LogP contribution < -0.4 is 10.2 Å². The molecule has 1 rings (SSSR count). The molecule has 0 radical (unpaired) electrons. The molecule has 0 aliphatic carbocycles. The highest BCUT2D eigenvalue weighted by atomic mass is 16.6. The predicted octanol–water partition coefficient (Wildman–Crippen LogP) is 1.64. The lowest BCUT2D eigenvalue weighted by Crippen LogP contribution is -2.53. The van der Waals surface area contributed by atoms with E-state index in [2.05, 4.69) is 0 Å². The maximum Gasteiger partial charge on any atom is 0.492 e. The van der Waals surface area contributed by atoms with E-state index < -0.39 is 23.2 Å². The van der Waals surface area contributed by atoms with Crippen LogP contribution in [0, 0.1) is 10.1 Å². The van der Waals surface area contributed by atoms with E-state index >= 15 is 0 Å². The Kier molecular flexibility index (Phi) is 5.79. The Bertz CT molecular complexity index is 568. The number of hydrogen-bond donors (Lipinski definition) is 2. The molecular formula is C15H24BNO6. The summed E-state index contributed by atoms with van der Waals surface area (Å²) in [7, 11) is -1.44. The highest BCUT2D eigenvalue weighted by Gasteiger charge is 2.40. The van der Waals surface area contributed by atoms with Gasteiger partial charge in [-0.1, -0.05) is 0 Å². The molecule has 0 amide bonds. The molecule has 0 fully saturated rings. The van der Waals surface area contributed by atoms with Gasteiger partial charge < -0.3 is 19.5 Å². The summed E-state index contributed by atoms with van der Waals surface area (Å²) in [6.45, 7) is 9.95. The summed E-state index contributed by atoms with van der Waals surface area (Å²) in [6.07, 6.45) is -0.171. The monoisotopic (exact) mass is 325 g/mol. The largest absolute Gasteiger partial charge is 0.492 e. The van der Waals surface area contributed by atoms with Gasteiger partial charge >= 0.3 is 7.12 Å². The molecule has 1 aromatic rings. The SMILES string of the molecule is CC(C)Oc1cc(B(O)OC(C)(C)C(C)(C)O)cc([N+](=O)[O-])c1. The normalized spacial score (nSPS) is 12.4. The summed E-state index contributed by atoms with van der Waals surface area (Å²) in [4.78, 5) is 10.5. The topological polar surface area (TPSA) is 102 Å². The summed E-state index contributed by atoms with van der Waals surface area (Å²) in [5.74, 6) is 0.271. The molecule has 23 heavy (non-hydrogen) atoms. The number of hydrogen-bond acceptors (Lipinski definition) is 6. The van der Waals surface area contributed by atoms with E-state index in [1.165, 1.54) is 18.2 Å². The molecule has 0 spiro atoms. The molecule has 0 atom stereocenters. The minimum absolute atomic E-state index is 0.171. The highest BCUT2D eigenvalue weighted by Crippen LogP contribution is 2.26. The van der Waals surface area contributed by atoms with Gasteiger partial charge in [0.15, 0.2) is 0 Å². The van der Waals surface area contributed by atoms with Gasteiger partial charge in [0.1, 0.15) is 5.75 Å². The second-order valence-electron chi connectivity index (χ2n) is 6.72. The van der Waals surface area contributed by atoms with Crippen LogP contribution >= 0.6 is 0 Å². The van der Waals surface area contributed by atoms with Crippen molar-refractivity contribution >= 4 is 18.3 Å². The fourth-order valence-corrected chi connectivity index (χ4v) is 1.69. The minimum atomic E-state index is -1.44. The lowest BCUT2D eigenvalue weighted by molar-refractivity contribution is -0.384. The van der Waals surface area contributed by atoms with E-state index in [0.717, 1.165) is 0 Å². The molecule has 7 nitrogen and oxygen atoms in total. The van der Waals surface area contributed by atoms with Crippen LogP contribution in [0.4, 0.5) is 5.69 Å². The van der Waals surface area contributed by atoms with Crippen molar-refractivity contribution in [2.45, 2.75) is 58.8 Å². The first-order valence-corrected chi connectivity index (χ1v) is 7.38. The average molecular weight is 325 g/mol. The van der Waals surface area contributed by atoms with E-state index in [0.29, 0.717) is 0 Å². The Morgan fingerprint density at radius 2 is 1.78 bits per heavy atom. The Labute approximate surface area is 136 Å². The lowest BCUT2D eigenvalue weighted by Gasteiger charge is -2.38. The quantitative estimate of drug-likeness (QED) is 0.449. The molecule has 0 unspecified atom stereocenters. The van der Waals surface area contributed by atoms with Crippen molar-refractivity contribution < 1.29 is 24.4 Å². The number of rotatable bonds is 7. The zero-order chi connectivity index (χ0) is 18.0. The number of nitro benzene ring substituents is 1. The van der Waals surface area contributed by atoms with E-state index in [9.17, 15) is 20.2 Å². The van der Waals surface area contributed by atoms with Crippen molar-refractivity contribution in [2.75, 3.05) is 0 Å². The molecule has 0 saturated heterocycles. The Balaban J connectivity index is 3.15. The average Bonchev–Trinajstić information content (AvgIpc) is 2.35. The number of nitrogens with zero attached hydrogens (tertiary/aromatic N) is 1. The van der Waals surface area contributed by atoms with Gasteiger partial charge in [0, 0.05) is 6.07 Å². The highest BCUT2D eigenvalue weighted by molar-refractivity contribution is 6.60. The molecule has 0 heterocycles. The number of benzene rings is 1. The third-order valence-corrected chi connectivity index (χ3v) is 3.66. The van der Waals surface area contributed by atoms with E-state index in [4.69, 9.17) is 9.39 Å².